The number of halogens is 1. The van der Waals surface area contributed by atoms with Crippen LogP contribution in [0.2, 0.25) is 0 Å². The normalized spacial score (nSPS) is 10.2. The molecule has 0 atom stereocenters. The van der Waals surface area contributed by atoms with Crippen molar-refractivity contribution in [2.45, 2.75) is 13.8 Å². The fourth-order valence-corrected chi connectivity index (χ4v) is 1.64. The van der Waals surface area contributed by atoms with Crippen molar-refractivity contribution in [3.05, 3.63) is 53.2 Å². The Bertz CT molecular complexity index is 578. The topological polar surface area (TPSA) is 54.9 Å². The number of carbonyl (C=O) groups excluding carboxylic acids is 1. The third-order valence-corrected chi connectivity index (χ3v) is 2.34. The minimum absolute atomic E-state index is 0.0986. The molecule has 0 aliphatic heterocycles. The maximum Gasteiger partial charge on any atom is 0.261 e. The maximum atomic E-state index is 13.3. The highest BCUT2D eigenvalue weighted by molar-refractivity contribution is 6.03. The molecule has 0 fully saturated rings. The fourth-order valence-electron chi connectivity index (χ4n) is 1.64. The first-order valence-corrected chi connectivity index (χ1v) is 5.43. The number of anilines is 1. The predicted molar refractivity (Wildman–Crippen MR) is 65.9 cm³/mol. The molecule has 2 rings (SSSR count). The highest BCUT2D eigenvalue weighted by Crippen LogP contribution is 2.11. The van der Waals surface area contributed by atoms with Gasteiger partial charge >= 0.3 is 0 Å². The van der Waals surface area contributed by atoms with Gasteiger partial charge in [-0.1, -0.05) is 0 Å². The fraction of sp³-hybridized carbons (Fsp3) is 0.154. The van der Waals surface area contributed by atoms with E-state index in [4.69, 9.17) is 0 Å². The molecule has 0 saturated carbocycles. The molecular formula is C13H12FN3O. The number of rotatable bonds is 2. The average molecular weight is 245 g/mol. The molecule has 0 aromatic carbocycles. The van der Waals surface area contributed by atoms with Crippen LogP contribution in [0.3, 0.4) is 0 Å². The summed E-state index contributed by atoms with van der Waals surface area (Å²) < 4.78 is 13.3. The van der Waals surface area contributed by atoms with Gasteiger partial charge in [-0.15, -0.1) is 0 Å². The molecule has 0 bridgehead atoms. The van der Waals surface area contributed by atoms with Gasteiger partial charge in [-0.25, -0.2) is 9.97 Å². The second-order valence-electron chi connectivity index (χ2n) is 3.97. The van der Waals surface area contributed by atoms with Crippen molar-refractivity contribution in [3.63, 3.8) is 0 Å². The van der Waals surface area contributed by atoms with E-state index >= 15 is 0 Å². The molecule has 5 heteroatoms. The maximum absolute atomic E-state index is 13.3. The number of amides is 1. The Morgan fingerprint density at radius 2 is 2.11 bits per heavy atom. The van der Waals surface area contributed by atoms with Gasteiger partial charge in [0.1, 0.15) is 5.82 Å². The van der Waals surface area contributed by atoms with Crippen molar-refractivity contribution in [2.75, 3.05) is 5.32 Å². The molecule has 2 aromatic rings. The molecule has 0 radical (unpaired) electrons. The van der Waals surface area contributed by atoms with E-state index < -0.39 is 11.9 Å². The first-order valence-electron chi connectivity index (χ1n) is 5.43. The highest BCUT2D eigenvalue weighted by Gasteiger charge is 2.12. The largest absolute Gasteiger partial charge is 0.306 e. The molecule has 4 nitrogen and oxygen atoms in total. The van der Waals surface area contributed by atoms with E-state index in [1.165, 1.54) is 18.3 Å². The lowest BCUT2D eigenvalue weighted by Crippen LogP contribution is -2.15. The molecule has 0 spiro atoms. The molecule has 0 saturated heterocycles. The minimum atomic E-state index is -0.792. The van der Waals surface area contributed by atoms with Crippen molar-refractivity contribution in [3.8, 4) is 0 Å². The van der Waals surface area contributed by atoms with Gasteiger partial charge in [0.15, 0.2) is 0 Å². The van der Waals surface area contributed by atoms with E-state index in [0.29, 0.717) is 5.82 Å². The van der Waals surface area contributed by atoms with Gasteiger partial charge in [-0.3, -0.25) is 4.79 Å². The Hall–Kier alpha value is -2.30. The number of pyridine rings is 2. The van der Waals surface area contributed by atoms with Gasteiger partial charge in [-0.2, -0.15) is 4.39 Å². The second-order valence-corrected chi connectivity index (χ2v) is 3.97. The number of carbonyl (C=O) groups is 1. The molecule has 92 valence electrons. The van der Waals surface area contributed by atoms with Crippen molar-refractivity contribution < 1.29 is 9.18 Å². The Labute approximate surface area is 104 Å². The Kier molecular flexibility index (Phi) is 3.32. The summed E-state index contributed by atoms with van der Waals surface area (Å²) in [6.45, 7) is 3.72. The Morgan fingerprint density at radius 1 is 1.33 bits per heavy atom. The van der Waals surface area contributed by atoms with E-state index in [2.05, 4.69) is 15.3 Å². The summed E-state index contributed by atoms with van der Waals surface area (Å²) in [6.07, 6.45) is 1.29. The van der Waals surface area contributed by atoms with Gasteiger partial charge in [0.25, 0.3) is 5.91 Å². The molecule has 0 aliphatic carbocycles. The summed E-state index contributed by atoms with van der Waals surface area (Å²) in [5.74, 6) is -0.946. The summed E-state index contributed by atoms with van der Waals surface area (Å²) in [6, 6.07) is 6.49. The smallest absolute Gasteiger partial charge is 0.261 e. The van der Waals surface area contributed by atoms with Crippen molar-refractivity contribution in [1.82, 2.24) is 9.97 Å². The van der Waals surface area contributed by atoms with E-state index in [-0.39, 0.29) is 5.56 Å². The van der Waals surface area contributed by atoms with Crippen molar-refractivity contribution >= 4 is 11.7 Å². The third-order valence-electron chi connectivity index (χ3n) is 2.34. The van der Waals surface area contributed by atoms with Gasteiger partial charge in [0, 0.05) is 11.9 Å². The molecule has 1 amide bonds. The van der Waals surface area contributed by atoms with Crippen LogP contribution in [0.25, 0.3) is 0 Å². The quantitative estimate of drug-likeness (QED) is 0.827. The molecule has 2 aromatic heterocycles. The van der Waals surface area contributed by atoms with Crippen molar-refractivity contribution in [1.29, 1.82) is 0 Å². The molecule has 2 heterocycles. The van der Waals surface area contributed by atoms with Crippen LogP contribution in [0.15, 0.2) is 30.5 Å². The lowest BCUT2D eigenvalue weighted by atomic mass is 10.2. The lowest BCUT2D eigenvalue weighted by Gasteiger charge is -2.06. The van der Waals surface area contributed by atoms with Crippen LogP contribution in [-0.2, 0) is 0 Å². The zero-order chi connectivity index (χ0) is 13.1. The van der Waals surface area contributed by atoms with Crippen molar-refractivity contribution in [2.24, 2.45) is 0 Å². The van der Waals surface area contributed by atoms with Gasteiger partial charge in [0.05, 0.1) is 5.56 Å². The van der Waals surface area contributed by atoms with Gasteiger partial charge in [-0.05, 0) is 43.7 Å². The first-order chi connectivity index (χ1) is 8.56. The number of hydrogen-bond acceptors (Lipinski definition) is 3. The highest BCUT2D eigenvalue weighted by atomic mass is 19.1. The van der Waals surface area contributed by atoms with Crippen LogP contribution >= 0.6 is 0 Å². The Balaban J connectivity index is 2.24. The molecule has 1 N–H and O–H groups in total. The van der Waals surface area contributed by atoms with E-state index in [1.807, 2.05) is 19.9 Å². The summed E-state index contributed by atoms with van der Waals surface area (Å²) in [4.78, 5) is 19.4. The van der Waals surface area contributed by atoms with E-state index in [0.717, 1.165) is 11.3 Å². The van der Waals surface area contributed by atoms with Crippen LogP contribution in [0, 0.1) is 19.8 Å². The summed E-state index contributed by atoms with van der Waals surface area (Å²) in [5.41, 5.74) is 1.67. The Morgan fingerprint density at radius 3 is 2.78 bits per heavy atom. The monoisotopic (exact) mass is 245 g/mol. The van der Waals surface area contributed by atoms with Crippen LogP contribution in [0.5, 0.6) is 0 Å². The number of hydrogen-bond donors (Lipinski definition) is 1. The first kappa shape index (κ1) is 12.2. The number of aromatic nitrogens is 2. The molecule has 0 aliphatic rings. The third kappa shape index (κ3) is 2.68. The molecular weight excluding hydrogens is 233 g/mol. The summed E-state index contributed by atoms with van der Waals surface area (Å²) >= 11 is 0. The molecule has 0 unspecified atom stereocenters. The number of nitrogens with one attached hydrogen (secondary N) is 1. The van der Waals surface area contributed by atoms with Crippen LogP contribution < -0.4 is 5.32 Å². The van der Waals surface area contributed by atoms with Crippen LogP contribution in [-0.4, -0.2) is 15.9 Å². The average Bonchev–Trinajstić information content (AvgIpc) is 2.27. The van der Waals surface area contributed by atoms with Gasteiger partial charge < -0.3 is 5.32 Å². The molecule has 18 heavy (non-hydrogen) atoms. The predicted octanol–water partition coefficient (Wildman–Crippen LogP) is 2.48. The zero-order valence-corrected chi connectivity index (χ0v) is 10.1. The SMILES string of the molecule is Cc1cc(C)nc(NC(=O)c2cccnc2F)c1. The number of aryl methyl sites for hydroxylation is 2. The summed E-state index contributed by atoms with van der Waals surface area (Å²) in [5, 5.41) is 2.55. The van der Waals surface area contributed by atoms with Crippen LogP contribution in [0.1, 0.15) is 21.6 Å². The zero-order valence-electron chi connectivity index (χ0n) is 10.1. The van der Waals surface area contributed by atoms with E-state index in [1.54, 1.807) is 6.07 Å². The number of nitrogens with zero attached hydrogens (tertiary/aromatic N) is 2. The second kappa shape index (κ2) is 4.91. The van der Waals surface area contributed by atoms with E-state index in [9.17, 15) is 9.18 Å². The minimum Gasteiger partial charge on any atom is -0.306 e. The lowest BCUT2D eigenvalue weighted by molar-refractivity contribution is 0.102. The van der Waals surface area contributed by atoms with Crippen LogP contribution in [0.4, 0.5) is 10.2 Å². The standard InChI is InChI=1S/C13H12FN3O/c1-8-6-9(2)16-11(7-8)17-13(18)10-4-3-5-15-12(10)14/h3-7H,1-2H3,(H,16,17,18). The van der Waals surface area contributed by atoms with Gasteiger partial charge in [0.2, 0.25) is 5.95 Å². The summed E-state index contributed by atoms with van der Waals surface area (Å²) in [7, 11) is 0.